The molecule has 0 atom stereocenters. The first-order chi connectivity index (χ1) is 7.83. The van der Waals surface area contributed by atoms with Gasteiger partial charge in [-0.3, -0.25) is 0 Å². The molecule has 80 valence electrons. The van der Waals surface area contributed by atoms with Crippen molar-refractivity contribution in [3.8, 4) is 5.75 Å². The Kier molecular flexibility index (Phi) is 1.93. The minimum atomic E-state index is 0.266. The number of fused-ring (bicyclic) bond motifs is 1. The smallest absolute Gasteiger partial charge is 0.166 e. The van der Waals surface area contributed by atoms with Gasteiger partial charge >= 0.3 is 0 Å². The van der Waals surface area contributed by atoms with Gasteiger partial charge in [0.05, 0.1) is 11.4 Å². The van der Waals surface area contributed by atoms with Gasteiger partial charge in [-0.05, 0) is 18.2 Å². The first kappa shape index (κ1) is 9.03. The Bertz CT molecular complexity index is 630. The maximum absolute atomic E-state index is 9.42. The van der Waals surface area contributed by atoms with Gasteiger partial charge in [-0.1, -0.05) is 11.2 Å². The molecule has 0 saturated heterocycles. The van der Waals surface area contributed by atoms with Crippen LogP contribution >= 0.6 is 0 Å². The van der Waals surface area contributed by atoms with Crippen molar-refractivity contribution in [2.45, 2.75) is 0 Å². The SMILES string of the molecule is Oc1cccc(N2C=c3cnoc3=CC2)c1. The standard InChI is InChI=1S/C12H10N2O2/c15-11-3-1-2-10(6-11)14-5-4-12-9(8-14)7-13-16-12/h1-4,6-8,15H,5H2. The molecule has 4 heteroatoms. The number of aromatic nitrogens is 1. The van der Waals surface area contributed by atoms with E-state index in [0.717, 1.165) is 16.3 Å². The van der Waals surface area contributed by atoms with Crippen molar-refractivity contribution in [3.63, 3.8) is 0 Å². The minimum Gasteiger partial charge on any atom is -0.508 e. The highest BCUT2D eigenvalue weighted by Gasteiger charge is 2.07. The summed E-state index contributed by atoms with van der Waals surface area (Å²) in [4.78, 5) is 2.03. The van der Waals surface area contributed by atoms with Crippen molar-refractivity contribution in [2.75, 3.05) is 11.4 Å². The molecule has 0 amide bonds. The summed E-state index contributed by atoms with van der Waals surface area (Å²) in [6, 6.07) is 7.15. The molecule has 2 heterocycles. The molecule has 1 N–H and O–H groups in total. The third kappa shape index (κ3) is 1.44. The van der Waals surface area contributed by atoms with Gasteiger partial charge in [-0.15, -0.1) is 0 Å². The van der Waals surface area contributed by atoms with E-state index in [1.807, 2.05) is 29.3 Å². The van der Waals surface area contributed by atoms with Gasteiger partial charge in [0.25, 0.3) is 0 Å². The van der Waals surface area contributed by atoms with Gasteiger partial charge in [-0.25, -0.2) is 0 Å². The molecule has 3 rings (SSSR count). The van der Waals surface area contributed by atoms with Crippen LogP contribution in [0.5, 0.6) is 5.75 Å². The molecule has 0 aliphatic carbocycles. The molecular formula is C12H10N2O2. The molecule has 0 spiro atoms. The van der Waals surface area contributed by atoms with E-state index in [-0.39, 0.29) is 5.75 Å². The maximum Gasteiger partial charge on any atom is 0.166 e. The average molecular weight is 214 g/mol. The molecule has 0 radical (unpaired) electrons. The molecule has 1 aliphatic heterocycles. The number of phenolic OH excluding ortho intramolecular Hbond substituents is 1. The lowest BCUT2D eigenvalue weighted by atomic mass is 10.2. The largest absolute Gasteiger partial charge is 0.508 e. The van der Waals surface area contributed by atoms with Crippen LogP contribution in [0.3, 0.4) is 0 Å². The van der Waals surface area contributed by atoms with Crippen LogP contribution in [0, 0.1) is 0 Å². The lowest BCUT2D eigenvalue weighted by Gasteiger charge is -2.19. The Morgan fingerprint density at radius 3 is 3.19 bits per heavy atom. The van der Waals surface area contributed by atoms with E-state index in [1.165, 1.54) is 0 Å². The summed E-state index contributed by atoms with van der Waals surface area (Å²) in [7, 11) is 0. The second-order valence-corrected chi connectivity index (χ2v) is 3.65. The first-order valence-corrected chi connectivity index (χ1v) is 5.01. The quantitative estimate of drug-likeness (QED) is 0.747. The molecule has 16 heavy (non-hydrogen) atoms. The summed E-state index contributed by atoms with van der Waals surface area (Å²) in [6.07, 6.45) is 5.60. The number of rotatable bonds is 1. The predicted molar refractivity (Wildman–Crippen MR) is 60.1 cm³/mol. The van der Waals surface area contributed by atoms with Gasteiger partial charge in [0.1, 0.15) is 5.75 Å². The highest BCUT2D eigenvalue weighted by atomic mass is 16.5. The number of anilines is 1. The zero-order valence-electron chi connectivity index (χ0n) is 8.50. The first-order valence-electron chi connectivity index (χ1n) is 5.01. The highest BCUT2D eigenvalue weighted by Crippen LogP contribution is 2.20. The summed E-state index contributed by atoms with van der Waals surface area (Å²) >= 11 is 0. The number of aromatic hydroxyl groups is 1. The van der Waals surface area contributed by atoms with Gasteiger partial charge in [0.2, 0.25) is 0 Å². The molecule has 1 aromatic heterocycles. The van der Waals surface area contributed by atoms with Crippen LogP contribution in [0.4, 0.5) is 5.69 Å². The van der Waals surface area contributed by atoms with E-state index >= 15 is 0 Å². The molecule has 0 unspecified atom stereocenters. The molecule has 0 bridgehead atoms. The Hall–Kier alpha value is -2.23. The number of hydrogen-bond donors (Lipinski definition) is 1. The molecule has 0 saturated carbocycles. The normalized spacial score (nSPS) is 13.9. The van der Waals surface area contributed by atoms with E-state index in [0.29, 0.717) is 6.54 Å². The summed E-state index contributed by atoms with van der Waals surface area (Å²) in [5.41, 5.74) is 1.75. The molecule has 4 nitrogen and oxygen atoms in total. The Balaban J connectivity index is 2.06. The zero-order chi connectivity index (χ0) is 11.0. The highest BCUT2D eigenvalue weighted by molar-refractivity contribution is 5.64. The third-order valence-corrected chi connectivity index (χ3v) is 2.56. The summed E-state index contributed by atoms with van der Waals surface area (Å²) < 4.78 is 5.05. The van der Waals surface area contributed by atoms with Gasteiger partial charge in [-0.2, -0.15) is 0 Å². The molecular weight excluding hydrogens is 204 g/mol. The van der Waals surface area contributed by atoms with E-state index in [1.54, 1.807) is 18.3 Å². The zero-order valence-corrected chi connectivity index (χ0v) is 8.50. The second kappa shape index (κ2) is 3.41. The minimum absolute atomic E-state index is 0.266. The van der Waals surface area contributed by atoms with Crippen molar-refractivity contribution in [2.24, 2.45) is 0 Å². The number of benzene rings is 1. The summed E-state index contributed by atoms with van der Waals surface area (Å²) in [5.74, 6) is 0.266. The van der Waals surface area contributed by atoms with E-state index in [2.05, 4.69) is 5.16 Å². The maximum atomic E-state index is 9.42. The fourth-order valence-corrected chi connectivity index (χ4v) is 1.76. The van der Waals surface area contributed by atoms with Gasteiger partial charge in [0.15, 0.2) is 5.42 Å². The lowest BCUT2D eigenvalue weighted by Crippen LogP contribution is -2.32. The topological polar surface area (TPSA) is 49.5 Å². The summed E-state index contributed by atoms with van der Waals surface area (Å²) in [5, 5.41) is 14.1. The molecule has 2 aromatic rings. The Labute approximate surface area is 91.7 Å². The van der Waals surface area contributed by atoms with Gasteiger partial charge < -0.3 is 14.5 Å². The lowest BCUT2D eigenvalue weighted by molar-refractivity contribution is 0.393. The monoisotopic (exact) mass is 214 g/mol. The number of nitrogens with zero attached hydrogens (tertiary/aromatic N) is 2. The van der Waals surface area contributed by atoms with E-state index in [9.17, 15) is 5.11 Å². The van der Waals surface area contributed by atoms with Crippen molar-refractivity contribution >= 4 is 18.0 Å². The van der Waals surface area contributed by atoms with Crippen LogP contribution in [-0.4, -0.2) is 16.8 Å². The van der Waals surface area contributed by atoms with Crippen molar-refractivity contribution in [3.05, 3.63) is 41.1 Å². The Morgan fingerprint density at radius 1 is 1.38 bits per heavy atom. The van der Waals surface area contributed by atoms with Crippen LogP contribution in [0.2, 0.25) is 0 Å². The van der Waals surface area contributed by atoms with Gasteiger partial charge in [0, 0.05) is 24.5 Å². The fourth-order valence-electron chi connectivity index (χ4n) is 1.76. The van der Waals surface area contributed by atoms with E-state index in [4.69, 9.17) is 4.52 Å². The molecule has 1 aliphatic rings. The van der Waals surface area contributed by atoms with Crippen LogP contribution < -0.4 is 15.5 Å². The molecule has 0 fully saturated rings. The van der Waals surface area contributed by atoms with Crippen molar-refractivity contribution in [1.29, 1.82) is 0 Å². The van der Waals surface area contributed by atoms with Crippen molar-refractivity contribution in [1.82, 2.24) is 5.16 Å². The number of hydrogen-bond acceptors (Lipinski definition) is 4. The van der Waals surface area contributed by atoms with Crippen LogP contribution in [0.15, 0.2) is 35.0 Å². The van der Waals surface area contributed by atoms with Crippen LogP contribution in [0.1, 0.15) is 0 Å². The van der Waals surface area contributed by atoms with Crippen molar-refractivity contribution < 1.29 is 9.63 Å². The number of phenols is 1. The Morgan fingerprint density at radius 2 is 2.31 bits per heavy atom. The van der Waals surface area contributed by atoms with E-state index < -0.39 is 0 Å². The summed E-state index contributed by atoms with van der Waals surface area (Å²) in [6.45, 7) is 0.714. The second-order valence-electron chi connectivity index (χ2n) is 3.65. The molecule has 1 aromatic carbocycles. The van der Waals surface area contributed by atoms with Crippen LogP contribution in [0.25, 0.3) is 12.3 Å². The average Bonchev–Trinajstić information content (AvgIpc) is 2.75. The fraction of sp³-hybridized carbons (Fsp3) is 0.0833. The van der Waals surface area contributed by atoms with Crippen LogP contribution in [-0.2, 0) is 0 Å². The third-order valence-electron chi connectivity index (χ3n) is 2.56. The predicted octanol–water partition coefficient (Wildman–Crippen LogP) is 0.419.